The molecule has 1 saturated heterocycles. The maximum atomic E-state index is 11.2. The number of hydrogen-bond donors (Lipinski definition) is 2. The molecule has 5 atom stereocenters. The van der Waals surface area contributed by atoms with Crippen LogP contribution in [0.1, 0.15) is 17.5 Å². The van der Waals surface area contributed by atoms with Crippen LogP contribution < -0.4 is 8.92 Å². The molecule has 8 heteroatoms. The van der Waals surface area contributed by atoms with Crippen molar-refractivity contribution in [1.29, 1.82) is 0 Å². The average Bonchev–Trinajstić information content (AvgIpc) is 2.88. The Morgan fingerprint density at radius 3 is 2.92 bits per heavy atom. The van der Waals surface area contributed by atoms with Crippen LogP contribution in [-0.2, 0) is 22.2 Å². The fourth-order valence-electron chi connectivity index (χ4n) is 5.41. The lowest BCUT2D eigenvalue weighted by Crippen LogP contribution is -2.64. The molecule has 0 aromatic heterocycles. The predicted octanol–water partition coefficient (Wildman–Crippen LogP) is 0.674. The minimum Gasteiger partial charge on any atom is -0.482 e. The molecule has 7 nitrogen and oxygen atoms in total. The number of likely N-dealkylation sites (N-methyl/N-ethyl adjacent to an activating group) is 1. The van der Waals surface area contributed by atoms with Gasteiger partial charge in [-0.05, 0) is 38.1 Å². The number of ether oxygens (including phenoxy) is 1. The smallest absolute Gasteiger partial charge is 0.446 e. The van der Waals surface area contributed by atoms with E-state index in [1.165, 1.54) is 6.07 Å². The van der Waals surface area contributed by atoms with Crippen molar-refractivity contribution in [2.45, 2.75) is 36.5 Å². The second kappa shape index (κ2) is 4.76. The number of benzene rings is 1. The third kappa shape index (κ3) is 1.93. The maximum Gasteiger partial charge on any atom is 0.446 e. The van der Waals surface area contributed by atoms with Crippen LogP contribution in [0.5, 0.6) is 11.5 Å². The fourth-order valence-corrected chi connectivity index (χ4v) is 5.77. The molecule has 1 aromatic rings. The highest BCUT2D eigenvalue weighted by Gasteiger charge is 2.64. The van der Waals surface area contributed by atoms with E-state index in [0.717, 1.165) is 30.5 Å². The first-order valence-electron chi connectivity index (χ1n) is 8.38. The van der Waals surface area contributed by atoms with Crippen molar-refractivity contribution < 1.29 is 27.0 Å². The monoisotopic (exact) mass is 365 g/mol. The van der Waals surface area contributed by atoms with Crippen LogP contribution in [0.3, 0.4) is 0 Å². The zero-order chi connectivity index (χ0) is 17.6. The quantitative estimate of drug-likeness (QED) is 0.587. The van der Waals surface area contributed by atoms with Crippen molar-refractivity contribution in [2.24, 2.45) is 5.92 Å². The lowest BCUT2D eigenvalue weighted by Gasteiger charge is -2.56. The van der Waals surface area contributed by atoms with Crippen LogP contribution >= 0.6 is 0 Å². The number of likely N-dealkylation sites (tertiary alicyclic amines) is 1. The topological polar surface area (TPSA) is 96.3 Å². The normalized spacial score (nSPS) is 38.2. The summed E-state index contributed by atoms with van der Waals surface area (Å²) in [5.41, 5.74) is 1.65. The van der Waals surface area contributed by atoms with E-state index in [0.29, 0.717) is 11.8 Å². The van der Waals surface area contributed by atoms with Gasteiger partial charge in [0.1, 0.15) is 12.2 Å². The second-order valence-electron chi connectivity index (χ2n) is 7.42. The Morgan fingerprint density at radius 2 is 2.16 bits per heavy atom. The molecule has 2 N–H and O–H groups in total. The Hall–Kier alpha value is -1.61. The summed E-state index contributed by atoms with van der Waals surface area (Å²) in [6, 6.07) is 3.68. The summed E-state index contributed by atoms with van der Waals surface area (Å²) in [7, 11) is -2.54. The van der Waals surface area contributed by atoms with Gasteiger partial charge in [-0.1, -0.05) is 18.2 Å². The molecule has 0 amide bonds. The largest absolute Gasteiger partial charge is 0.482 e. The number of hydrogen-bond acceptors (Lipinski definition) is 6. The van der Waals surface area contributed by atoms with Crippen LogP contribution in [0, 0.1) is 5.92 Å². The van der Waals surface area contributed by atoms with E-state index in [-0.39, 0.29) is 17.1 Å². The van der Waals surface area contributed by atoms with Crippen molar-refractivity contribution in [3.8, 4) is 11.5 Å². The lowest BCUT2D eigenvalue weighted by atomic mass is 9.53. The van der Waals surface area contributed by atoms with Crippen LogP contribution in [0.25, 0.3) is 0 Å². The van der Waals surface area contributed by atoms with E-state index in [1.54, 1.807) is 6.08 Å². The van der Waals surface area contributed by atoms with E-state index in [9.17, 15) is 13.5 Å². The molecule has 4 aliphatic rings. The van der Waals surface area contributed by atoms with E-state index < -0.39 is 22.6 Å². The van der Waals surface area contributed by atoms with Gasteiger partial charge in [0.2, 0.25) is 0 Å². The molecule has 2 bridgehead atoms. The molecule has 2 heterocycles. The summed E-state index contributed by atoms with van der Waals surface area (Å²) >= 11 is 0. The highest BCUT2D eigenvalue weighted by molar-refractivity contribution is 7.81. The molecule has 1 aromatic carbocycles. The number of aliphatic hydroxyl groups is 1. The third-order valence-electron chi connectivity index (χ3n) is 6.33. The summed E-state index contributed by atoms with van der Waals surface area (Å²) < 4.78 is 42.3. The summed E-state index contributed by atoms with van der Waals surface area (Å²) in [6.45, 7) is 0.879. The van der Waals surface area contributed by atoms with Crippen LogP contribution in [0.4, 0.5) is 0 Å². The molecule has 0 radical (unpaired) electrons. The van der Waals surface area contributed by atoms with Crippen molar-refractivity contribution in [3.05, 3.63) is 35.4 Å². The van der Waals surface area contributed by atoms with Gasteiger partial charge in [0.25, 0.3) is 0 Å². The zero-order valence-electron chi connectivity index (χ0n) is 13.6. The molecule has 134 valence electrons. The number of nitrogens with zero attached hydrogens (tertiary/aromatic N) is 1. The second-order valence-corrected chi connectivity index (χ2v) is 8.44. The van der Waals surface area contributed by atoms with Gasteiger partial charge in [0.15, 0.2) is 11.5 Å². The summed E-state index contributed by atoms with van der Waals surface area (Å²) in [5.74, 6) is 0.513. The van der Waals surface area contributed by atoms with Gasteiger partial charge in [0, 0.05) is 22.9 Å². The fraction of sp³-hybridized carbons (Fsp3) is 0.529. The SMILES string of the molecule is CN1CC[C@]23c4c5ccc(OS(=O)(=O)O)c4O[C@H]2C(O)C=C[C@H]3[C@H]1C5. The Morgan fingerprint density at radius 1 is 1.36 bits per heavy atom. The van der Waals surface area contributed by atoms with Crippen LogP contribution in [0.15, 0.2) is 24.3 Å². The minimum atomic E-state index is -4.65. The first kappa shape index (κ1) is 15.6. The Bertz CT molecular complexity index is 897. The zero-order valence-corrected chi connectivity index (χ0v) is 14.4. The maximum absolute atomic E-state index is 11.2. The summed E-state index contributed by atoms with van der Waals surface area (Å²) in [6.07, 6.45) is 4.26. The molecule has 2 aliphatic heterocycles. The number of aliphatic hydroxyl groups excluding tert-OH is 1. The standard InChI is InChI=1S/C17H19NO6S/c1-18-7-6-17-10-3-4-12(19)16(17)23-15-13(24-25(20,21)22)5-2-9(14(15)17)8-11(10)18/h2-5,10-12,16,19H,6-8H2,1H3,(H,20,21,22)/t10-,11+,12?,16-,17-/m0/s1. The first-order chi connectivity index (χ1) is 11.8. The lowest BCUT2D eigenvalue weighted by molar-refractivity contribution is -0.0452. The van der Waals surface area contributed by atoms with Gasteiger partial charge in [-0.3, -0.25) is 4.55 Å². The first-order valence-corrected chi connectivity index (χ1v) is 9.74. The Labute approximate surface area is 145 Å². The van der Waals surface area contributed by atoms with Gasteiger partial charge in [-0.15, -0.1) is 0 Å². The van der Waals surface area contributed by atoms with Crippen LogP contribution in [0.2, 0.25) is 0 Å². The van der Waals surface area contributed by atoms with Crippen molar-refractivity contribution >= 4 is 10.4 Å². The highest BCUT2D eigenvalue weighted by Crippen LogP contribution is 2.62. The molecule has 25 heavy (non-hydrogen) atoms. The molecule has 1 fully saturated rings. The van der Waals surface area contributed by atoms with Gasteiger partial charge in [0.05, 0.1) is 0 Å². The van der Waals surface area contributed by atoms with E-state index >= 15 is 0 Å². The van der Waals surface area contributed by atoms with E-state index in [1.807, 2.05) is 6.07 Å². The Balaban J connectivity index is 1.76. The van der Waals surface area contributed by atoms with Crippen molar-refractivity contribution in [3.63, 3.8) is 0 Å². The van der Waals surface area contributed by atoms with Crippen LogP contribution in [-0.4, -0.2) is 54.8 Å². The molecule has 1 spiro atoms. The van der Waals surface area contributed by atoms with Crippen molar-refractivity contribution in [2.75, 3.05) is 13.6 Å². The van der Waals surface area contributed by atoms with E-state index in [2.05, 4.69) is 18.0 Å². The molecule has 1 unspecified atom stereocenters. The molecule has 2 aliphatic carbocycles. The summed E-state index contributed by atoms with van der Waals surface area (Å²) in [5, 5.41) is 10.5. The third-order valence-corrected chi connectivity index (χ3v) is 6.72. The molecular formula is C17H19NO6S. The van der Waals surface area contributed by atoms with Gasteiger partial charge >= 0.3 is 10.4 Å². The molecular weight excluding hydrogens is 346 g/mol. The van der Waals surface area contributed by atoms with Gasteiger partial charge < -0.3 is 18.9 Å². The van der Waals surface area contributed by atoms with Gasteiger partial charge in [-0.25, -0.2) is 0 Å². The Kier molecular flexibility index (Phi) is 2.98. The van der Waals surface area contributed by atoms with Crippen molar-refractivity contribution in [1.82, 2.24) is 4.90 Å². The van der Waals surface area contributed by atoms with Gasteiger partial charge in [-0.2, -0.15) is 8.42 Å². The minimum absolute atomic E-state index is 0.0200. The average molecular weight is 365 g/mol. The molecule has 0 saturated carbocycles. The molecule has 5 rings (SSSR count). The van der Waals surface area contributed by atoms with E-state index in [4.69, 9.17) is 13.5 Å². The predicted molar refractivity (Wildman–Crippen MR) is 88.1 cm³/mol. The highest BCUT2D eigenvalue weighted by atomic mass is 32.3. The number of piperidine rings is 1. The summed E-state index contributed by atoms with van der Waals surface area (Å²) in [4.78, 5) is 2.35. The number of rotatable bonds is 2.